The third-order valence-corrected chi connectivity index (χ3v) is 8.48. The topological polar surface area (TPSA) is 132 Å². The first-order valence-corrected chi connectivity index (χ1v) is 14.8. The van der Waals surface area contributed by atoms with E-state index in [-0.39, 0.29) is 22.7 Å². The molecule has 1 amide bonds. The molecule has 3 aromatic carbocycles. The maximum absolute atomic E-state index is 15.9. The van der Waals surface area contributed by atoms with Crippen LogP contribution in [0.3, 0.4) is 0 Å². The first kappa shape index (κ1) is 25.1. The molecule has 0 bridgehead atoms. The minimum absolute atomic E-state index is 0.123. The molecular formula is C25H23FN4O5S2. The Balaban J connectivity index is 1.59. The number of nitrogens with two attached hydrogens (primary N) is 1. The predicted octanol–water partition coefficient (Wildman–Crippen LogP) is 3.26. The second kappa shape index (κ2) is 9.05. The predicted molar refractivity (Wildman–Crippen MR) is 137 cm³/mol. The van der Waals surface area contributed by atoms with Gasteiger partial charge in [-0.3, -0.25) is 9.48 Å². The van der Waals surface area contributed by atoms with Crippen molar-refractivity contribution in [3.8, 4) is 11.1 Å². The molecule has 0 saturated carbocycles. The number of aromatic nitrogens is 2. The summed E-state index contributed by atoms with van der Waals surface area (Å²) in [6, 6.07) is 14.9. The molecule has 2 heterocycles. The number of sulfone groups is 1. The van der Waals surface area contributed by atoms with Gasteiger partial charge in [-0.05, 0) is 42.7 Å². The van der Waals surface area contributed by atoms with Gasteiger partial charge in [-0.15, -0.1) is 0 Å². The van der Waals surface area contributed by atoms with Crippen molar-refractivity contribution in [3.05, 3.63) is 72.7 Å². The quantitative estimate of drug-likeness (QED) is 0.412. The summed E-state index contributed by atoms with van der Waals surface area (Å²) in [5, 5.41) is 10.2. The van der Waals surface area contributed by atoms with Crippen molar-refractivity contribution in [3.63, 3.8) is 0 Å². The summed E-state index contributed by atoms with van der Waals surface area (Å²) in [5.74, 6) is -1.48. The number of sulfonamides is 1. The zero-order valence-electron chi connectivity index (χ0n) is 19.7. The van der Waals surface area contributed by atoms with Crippen LogP contribution < -0.4 is 10.0 Å². The molecule has 5 rings (SSSR count). The zero-order valence-corrected chi connectivity index (χ0v) is 21.3. The minimum atomic E-state index is -3.99. The molecule has 1 aromatic heterocycles. The molecule has 192 valence electrons. The first-order chi connectivity index (χ1) is 17.5. The van der Waals surface area contributed by atoms with Crippen LogP contribution in [0.5, 0.6) is 0 Å². The lowest BCUT2D eigenvalue weighted by Gasteiger charge is -2.33. The summed E-state index contributed by atoms with van der Waals surface area (Å²) in [6.45, 7) is 0.182. The van der Waals surface area contributed by atoms with E-state index < -0.39 is 42.5 Å². The zero-order chi connectivity index (χ0) is 26.5. The van der Waals surface area contributed by atoms with Crippen molar-refractivity contribution in [2.75, 3.05) is 17.7 Å². The monoisotopic (exact) mass is 542 g/mol. The number of hydrogen-bond acceptors (Lipinski definition) is 6. The Kier molecular flexibility index (Phi) is 6.13. The summed E-state index contributed by atoms with van der Waals surface area (Å²) >= 11 is 0. The number of hydrogen-bond donors (Lipinski definition) is 1. The molecule has 1 unspecified atom stereocenters. The third-order valence-electron chi connectivity index (χ3n) is 6.43. The Morgan fingerprint density at radius 1 is 1.03 bits per heavy atom. The number of rotatable bonds is 5. The number of amides is 1. The second-order valence-electron chi connectivity index (χ2n) is 8.92. The number of carbonyl (C=O) groups is 1. The van der Waals surface area contributed by atoms with Crippen LogP contribution in [-0.2, 0) is 24.7 Å². The van der Waals surface area contributed by atoms with Crippen molar-refractivity contribution in [1.82, 2.24) is 9.78 Å². The van der Waals surface area contributed by atoms with E-state index >= 15 is 4.39 Å². The molecule has 0 spiro atoms. The fourth-order valence-electron chi connectivity index (χ4n) is 4.73. The Labute approximate surface area is 213 Å². The van der Waals surface area contributed by atoms with E-state index in [2.05, 4.69) is 5.10 Å². The average Bonchev–Trinajstić information content (AvgIpc) is 3.27. The largest absolute Gasteiger partial charge is 0.308 e. The van der Waals surface area contributed by atoms with Gasteiger partial charge in [-0.25, -0.2) is 26.4 Å². The first-order valence-electron chi connectivity index (χ1n) is 11.4. The lowest BCUT2D eigenvalue weighted by Crippen LogP contribution is -2.43. The molecule has 37 heavy (non-hydrogen) atoms. The molecule has 9 nitrogen and oxygen atoms in total. The number of benzene rings is 3. The third kappa shape index (κ3) is 4.52. The van der Waals surface area contributed by atoms with Crippen LogP contribution in [0.15, 0.2) is 76.7 Å². The number of primary sulfonamides is 1. The minimum Gasteiger partial charge on any atom is -0.308 e. The van der Waals surface area contributed by atoms with Gasteiger partial charge in [0.25, 0.3) is 5.91 Å². The summed E-state index contributed by atoms with van der Waals surface area (Å²) < 4.78 is 66.3. The Hall–Kier alpha value is -3.61. The Morgan fingerprint density at radius 3 is 2.43 bits per heavy atom. The van der Waals surface area contributed by atoms with E-state index in [1.54, 1.807) is 36.4 Å². The average molecular weight is 543 g/mol. The number of nitrogens with zero attached hydrogens (tertiary/aromatic N) is 3. The standard InChI is InChI=1S/C25H23FN4O5S2/c1-36(32,33)24-19(16-6-3-2-4-7-16)11-12-20(23(24)26)29-13-5-8-21(25(29)31)30-22-14-18(37(27,34)35)10-9-17(22)15-28-30/h2-4,6-7,9-12,14-15,21H,5,8,13H2,1H3,(H2,27,34,35). The van der Waals surface area contributed by atoms with E-state index in [1.807, 2.05) is 0 Å². The van der Waals surface area contributed by atoms with E-state index in [4.69, 9.17) is 5.14 Å². The summed E-state index contributed by atoms with van der Waals surface area (Å²) in [6.07, 6.45) is 3.31. The lowest BCUT2D eigenvalue weighted by molar-refractivity contribution is -0.123. The van der Waals surface area contributed by atoms with Crippen LogP contribution >= 0.6 is 0 Å². The highest BCUT2D eigenvalue weighted by molar-refractivity contribution is 7.91. The maximum atomic E-state index is 15.9. The van der Waals surface area contributed by atoms with Gasteiger partial charge < -0.3 is 4.90 Å². The second-order valence-corrected chi connectivity index (χ2v) is 12.4. The fraction of sp³-hybridized carbons (Fsp3) is 0.200. The lowest BCUT2D eigenvalue weighted by atomic mass is 10.0. The van der Waals surface area contributed by atoms with Crippen molar-refractivity contribution < 1.29 is 26.0 Å². The van der Waals surface area contributed by atoms with Crippen molar-refractivity contribution in [1.29, 1.82) is 0 Å². The van der Waals surface area contributed by atoms with E-state index in [1.165, 1.54) is 40.0 Å². The maximum Gasteiger partial charge on any atom is 0.251 e. The van der Waals surface area contributed by atoms with E-state index in [9.17, 15) is 21.6 Å². The van der Waals surface area contributed by atoms with Gasteiger partial charge in [0.05, 0.1) is 22.3 Å². The van der Waals surface area contributed by atoms with Crippen LogP contribution in [0, 0.1) is 5.82 Å². The smallest absolute Gasteiger partial charge is 0.251 e. The van der Waals surface area contributed by atoms with E-state index in [0.29, 0.717) is 29.3 Å². The summed E-state index contributed by atoms with van der Waals surface area (Å²) in [4.78, 5) is 14.2. The SMILES string of the molecule is CS(=O)(=O)c1c(-c2ccccc2)ccc(N2CCCC(n3ncc4ccc(S(N)(=O)=O)cc43)C2=O)c1F. The Morgan fingerprint density at radius 2 is 1.76 bits per heavy atom. The highest BCUT2D eigenvalue weighted by atomic mass is 32.2. The summed E-state index contributed by atoms with van der Waals surface area (Å²) in [7, 11) is -7.98. The Bertz CT molecular complexity index is 1750. The van der Waals surface area contributed by atoms with Crippen LogP contribution in [0.2, 0.25) is 0 Å². The number of carbonyl (C=O) groups excluding carboxylic acids is 1. The van der Waals surface area contributed by atoms with Gasteiger partial charge in [-0.2, -0.15) is 5.10 Å². The van der Waals surface area contributed by atoms with Crippen LogP contribution in [-0.4, -0.2) is 45.3 Å². The van der Waals surface area contributed by atoms with Gasteiger partial charge in [0.2, 0.25) is 10.0 Å². The highest BCUT2D eigenvalue weighted by Crippen LogP contribution is 2.37. The van der Waals surface area contributed by atoms with Crippen molar-refractivity contribution in [2.24, 2.45) is 5.14 Å². The van der Waals surface area contributed by atoms with Crippen LogP contribution in [0.1, 0.15) is 18.9 Å². The van der Waals surface area contributed by atoms with Crippen molar-refractivity contribution >= 4 is 42.4 Å². The van der Waals surface area contributed by atoms with Crippen LogP contribution in [0.4, 0.5) is 10.1 Å². The highest BCUT2D eigenvalue weighted by Gasteiger charge is 2.35. The number of fused-ring (bicyclic) bond motifs is 1. The molecule has 0 aliphatic carbocycles. The molecule has 1 aliphatic rings. The number of piperidine rings is 1. The van der Waals surface area contributed by atoms with Crippen LogP contribution in [0.25, 0.3) is 22.0 Å². The molecular weight excluding hydrogens is 519 g/mol. The number of halogens is 1. The van der Waals surface area contributed by atoms with E-state index in [0.717, 1.165) is 6.26 Å². The van der Waals surface area contributed by atoms with Gasteiger partial charge in [-0.1, -0.05) is 36.4 Å². The van der Waals surface area contributed by atoms with Gasteiger partial charge in [0.1, 0.15) is 10.9 Å². The summed E-state index contributed by atoms with van der Waals surface area (Å²) in [5.41, 5.74) is 0.990. The number of anilines is 1. The fourth-order valence-corrected chi connectivity index (χ4v) is 6.28. The molecule has 12 heteroatoms. The van der Waals surface area contributed by atoms with Gasteiger partial charge in [0.15, 0.2) is 15.7 Å². The van der Waals surface area contributed by atoms with Gasteiger partial charge >= 0.3 is 0 Å². The normalized spacial score (nSPS) is 16.9. The molecule has 1 aliphatic heterocycles. The molecule has 0 radical (unpaired) electrons. The molecule has 1 saturated heterocycles. The molecule has 1 atom stereocenters. The van der Waals surface area contributed by atoms with Crippen molar-refractivity contribution in [2.45, 2.75) is 28.7 Å². The molecule has 2 N–H and O–H groups in total. The van der Waals surface area contributed by atoms with Gasteiger partial charge in [0, 0.05) is 23.8 Å². The molecule has 4 aromatic rings. The molecule has 1 fully saturated rings.